The van der Waals surface area contributed by atoms with E-state index in [0.29, 0.717) is 22.8 Å². The first kappa shape index (κ1) is 18.0. The SMILES string of the molecule is CC(C)c1ccccc1OCC(O)CSc1nnc(-c2cccs2)o1. The van der Waals surface area contributed by atoms with E-state index in [-0.39, 0.29) is 6.61 Å². The van der Waals surface area contributed by atoms with Crippen LogP contribution in [0.15, 0.2) is 51.4 Å². The molecule has 0 spiro atoms. The molecule has 0 saturated carbocycles. The van der Waals surface area contributed by atoms with Gasteiger partial charge in [-0.15, -0.1) is 21.5 Å². The Kier molecular flexibility index (Phi) is 6.12. The molecule has 0 fully saturated rings. The van der Waals surface area contributed by atoms with Crippen LogP contribution in [-0.2, 0) is 0 Å². The minimum Gasteiger partial charge on any atom is -0.491 e. The molecule has 3 rings (SSSR count). The number of hydrogen-bond donors (Lipinski definition) is 1. The number of hydrogen-bond acceptors (Lipinski definition) is 7. The lowest BCUT2D eigenvalue weighted by Crippen LogP contribution is -2.20. The fourth-order valence-electron chi connectivity index (χ4n) is 2.26. The minimum atomic E-state index is -0.623. The summed E-state index contributed by atoms with van der Waals surface area (Å²) in [6.45, 7) is 4.47. The summed E-state index contributed by atoms with van der Waals surface area (Å²) < 4.78 is 11.4. The molecule has 0 amide bonds. The first-order valence-electron chi connectivity index (χ1n) is 8.03. The van der Waals surface area contributed by atoms with Crippen LogP contribution >= 0.6 is 23.1 Å². The molecule has 2 aromatic heterocycles. The number of thiophene rings is 1. The number of thioether (sulfide) groups is 1. The Hall–Kier alpha value is -1.83. The van der Waals surface area contributed by atoms with Crippen LogP contribution in [0.25, 0.3) is 10.8 Å². The fraction of sp³-hybridized carbons (Fsp3) is 0.333. The summed E-state index contributed by atoms with van der Waals surface area (Å²) in [7, 11) is 0. The first-order valence-corrected chi connectivity index (χ1v) is 9.90. The normalized spacial score (nSPS) is 12.5. The standard InChI is InChI=1S/C18H20N2O3S2/c1-12(2)14-6-3-4-7-15(14)22-10-13(21)11-25-18-20-19-17(23-18)16-8-5-9-24-16/h3-9,12-13,21H,10-11H2,1-2H3. The van der Waals surface area contributed by atoms with Crippen molar-refractivity contribution in [3.05, 3.63) is 47.3 Å². The lowest BCUT2D eigenvalue weighted by atomic mass is 10.0. The average molecular weight is 377 g/mol. The number of para-hydroxylation sites is 1. The monoisotopic (exact) mass is 376 g/mol. The molecule has 0 saturated heterocycles. The van der Waals surface area contributed by atoms with Crippen LogP contribution < -0.4 is 4.74 Å². The van der Waals surface area contributed by atoms with Gasteiger partial charge >= 0.3 is 0 Å². The van der Waals surface area contributed by atoms with Gasteiger partial charge in [0.25, 0.3) is 11.1 Å². The molecule has 1 aromatic carbocycles. The number of nitrogens with zero attached hydrogens (tertiary/aromatic N) is 2. The largest absolute Gasteiger partial charge is 0.491 e. The molecule has 5 nitrogen and oxygen atoms in total. The van der Waals surface area contributed by atoms with E-state index in [1.807, 2.05) is 41.8 Å². The Morgan fingerprint density at radius 3 is 2.80 bits per heavy atom. The molecule has 0 aliphatic rings. The molecule has 2 heterocycles. The zero-order valence-electron chi connectivity index (χ0n) is 14.1. The molecular formula is C18H20N2O3S2. The summed E-state index contributed by atoms with van der Waals surface area (Å²) in [5.74, 6) is 2.13. The highest BCUT2D eigenvalue weighted by atomic mass is 32.2. The van der Waals surface area contributed by atoms with E-state index in [4.69, 9.17) is 9.15 Å². The number of aromatic nitrogens is 2. The van der Waals surface area contributed by atoms with Crippen molar-refractivity contribution in [2.75, 3.05) is 12.4 Å². The van der Waals surface area contributed by atoms with Crippen LogP contribution in [0.2, 0.25) is 0 Å². The molecule has 3 aromatic rings. The van der Waals surface area contributed by atoms with Crippen molar-refractivity contribution < 1.29 is 14.3 Å². The highest BCUT2D eigenvalue weighted by Gasteiger charge is 2.14. The molecular weight excluding hydrogens is 356 g/mol. The van der Waals surface area contributed by atoms with Gasteiger partial charge in [0.05, 0.1) is 11.0 Å². The van der Waals surface area contributed by atoms with Gasteiger partial charge in [-0.2, -0.15) is 0 Å². The number of aliphatic hydroxyl groups excluding tert-OH is 1. The van der Waals surface area contributed by atoms with Crippen molar-refractivity contribution in [2.45, 2.75) is 31.1 Å². The van der Waals surface area contributed by atoms with Gasteiger partial charge in [-0.1, -0.05) is 49.9 Å². The van der Waals surface area contributed by atoms with Crippen molar-refractivity contribution in [3.63, 3.8) is 0 Å². The van der Waals surface area contributed by atoms with E-state index < -0.39 is 6.10 Å². The van der Waals surface area contributed by atoms with Crippen LogP contribution in [0, 0.1) is 0 Å². The summed E-state index contributed by atoms with van der Waals surface area (Å²) >= 11 is 2.87. The van der Waals surface area contributed by atoms with E-state index in [1.54, 1.807) is 11.3 Å². The van der Waals surface area contributed by atoms with Gasteiger partial charge in [-0.25, -0.2) is 0 Å². The first-order chi connectivity index (χ1) is 12.1. The van der Waals surface area contributed by atoms with E-state index in [9.17, 15) is 5.11 Å². The van der Waals surface area contributed by atoms with Crippen molar-refractivity contribution in [2.24, 2.45) is 0 Å². The number of rotatable bonds is 8. The second-order valence-electron chi connectivity index (χ2n) is 5.82. The Morgan fingerprint density at radius 2 is 2.04 bits per heavy atom. The molecule has 132 valence electrons. The van der Waals surface area contributed by atoms with Crippen molar-refractivity contribution in [1.82, 2.24) is 10.2 Å². The topological polar surface area (TPSA) is 68.4 Å². The number of aliphatic hydroxyl groups is 1. The maximum Gasteiger partial charge on any atom is 0.276 e. The maximum atomic E-state index is 10.2. The zero-order valence-corrected chi connectivity index (χ0v) is 15.7. The van der Waals surface area contributed by atoms with Gasteiger partial charge in [0, 0.05) is 5.75 Å². The van der Waals surface area contributed by atoms with Gasteiger partial charge in [0.15, 0.2) is 0 Å². The molecule has 0 aliphatic carbocycles. The van der Waals surface area contributed by atoms with Gasteiger partial charge in [0.1, 0.15) is 12.4 Å². The molecule has 25 heavy (non-hydrogen) atoms. The van der Waals surface area contributed by atoms with Crippen LogP contribution in [0.1, 0.15) is 25.3 Å². The van der Waals surface area contributed by atoms with Gasteiger partial charge in [-0.05, 0) is 29.0 Å². The molecule has 1 atom stereocenters. The summed E-state index contributed by atoms with van der Waals surface area (Å²) in [6.07, 6.45) is -0.623. The molecule has 1 N–H and O–H groups in total. The lowest BCUT2D eigenvalue weighted by molar-refractivity contribution is 0.125. The molecule has 0 aliphatic heterocycles. The fourth-order valence-corrected chi connectivity index (χ4v) is 3.57. The highest BCUT2D eigenvalue weighted by Crippen LogP contribution is 2.28. The average Bonchev–Trinajstić information content (AvgIpc) is 3.29. The van der Waals surface area contributed by atoms with Gasteiger partial charge in [-0.3, -0.25) is 0 Å². The highest BCUT2D eigenvalue weighted by molar-refractivity contribution is 7.99. The smallest absolute Gasteiger partial charge is 0.276 e. The van der Waals surface area contributed by atoms with E-state index in [2.05, 4.69) is 24.0 Å². The third-order valence-corrected chi connectivity index (χ3v) is 5.33. The van der Waals surface area contributed by atoms with Crippen LogP contribution in [0.3, 0.4) is 0 Å². The van der Waals surface area contributed by atoms with E-state index in [0.717, 1.165) is 16.2 Å². The van der Waals surface area contributed by atoms with Crippen molar-refractivity contribution in [3.8, 4) is 16.5 Å². The number of ether oxygens (including phenoxy) is 1. The Labute approximate surface area is 155 Å². The minimum absolute atomic E-state index is 0.225. The van der Waals surface area contributed by atoms with Crippen LogP contribution in [-0.4, -0.2) is 33.8 Å². The second-order valence-corrected chi connectivity index (χ2v) is 7.74. The maximum absolute atomic E-state index is 10.2. The van der Waals surface area contributed by atoms with Crippen LogP contribution in [0.5, 0.6) is 5.75 Å². The molecule has 0 bridgehead atoms. The quantitative estimate of drug-likeness (QED) is 0.586. The zero-order chi connectivity index (χ0) is 17.6. The second kappa shape index (κ2) is 8.51. The van der Waals surface area contributed by atoms with E-state index >= 15 is 0 Å². The molecule has 0 radical (unpaired) electrons. The van der Waals surface area contributed by atoms with Gasteiger partial charge < -0.3 is 14.3 Å². The summed E-state index contributed by atoms with van der Waals surface area (Å²) in [5.41, 5.74) is 1.14. The Balaban J connectivity index is 1.50. The van der Waals surface area contributed by atoms with Crippen LogP contribution in [0.4, 0.5) is 0 Å². The third kappa shape index (κ3) is 4.84. The van der Waals surface area contributed by atoms with E-state index in [1.165, 1.54) is 11.8 Å². The van der Waals surface area contributed by atoms with Crippen molar-refractivity contribution >= 4 is 23.1 Å². The molecule has 7 heteroatoms. The Bertz CT molecular complexity index is 787. The predicted molar refractivity (Wildman–Crippen MR) is 100 cm³/mol. The summed E-state index contributed by atoms with van der Waals surface area (Å²) in [5, 5.41) is 20.6. The van der Waals surface area contributed by atoms with Gasteiger partial charge in [0.2, 0.25) is 0 Å². The summed E-state index contributed by atoms with van der Waals surface area (Å²) in [4.78, 5) is 0.938. The third-order valence-electron chi connectivity index (χ3n) is 3.51. The summed E-state index contributed by atoms with van der Waals surface area (Å²) in [6, 6.07) is 11.8. The lowest BCUT2D eigenvalue weighted by Gasteiger charge is -2.16. The Morgan fingerprint density at radius 1 is 1.20 bits per heavy atom. The molecule has 1 unspecified atom stereocenters. The predicted octanol–water partition coefficient (Wildman–Crippen LogP) is 4.45. The number of benzene rings is 1. The van der Waals surface area contributed by atoms with Crippen molar-refractivity contribution in [1.29, 1.82) is 0 Å².